The first-order valence-electron chi connectivity index (χ1n) is 9.42. The van der Waals surface area contributed by atoms with Crippen molar-refractivity contribution in [3.8, 4) is 0 Å². The molecule has 3 heterocycles. The molecule has 0 radical (unpaired) electrons. The van der Waals surface area contributed by atoms with E-state index in [4.69, 9.17) is 14.2 Å². The predicted octanol–water partition coefficient (Wildman–Crippen LogP) is 1.14. The summed E-state index contributed by atoms with van der Waals surface area (Å²) in [6.45, 7) is 7.24. The van der Waals surface area contributed by atoms with Gasteiger partial charge in [-0.25, -0.2) is 0 Å². The molecule has 0 spiro atoms. The molecule has 3 rings (SSSR count). The van der Waals surface area contributed by atoms with Crippen LogP contribution in [0.1, 0.15) is 32.1 Å². The fourth-order valence-corrected chi connectivity index (χ4v) is 4.40. The van der Waals surface area contributed by atoms with E-state index in [1.807, 2.05) is 4.90 Å². The van der Waals surface area contributed by atoms with E-state index in [2.05, 4.69) is 4.90 Å². The van der Waals surface area contributed by atoms with Crippen molar-refractivity contribution >= 4 is 5.91 Å². The second-order valence-corrected chi connectivity index (χ2v) is 7.46. The lowest BCUT2D eigenvalue weighted by Crippen LogP contribution is -2.57. The molecule has 3 fully saturated rings. The van der Waals surface area contributed by atoms with Crippen LogP contribution in [0.2, 0.25) is 0 Å². The molecule has 0 N–H and O–H groups in total. The minimum absolute atomic E-state index is 0.0372. The third-order valence-corrected chi connectivity index (χ3v) is 5.75. The monoisotopic (exact) mass is 340 g/mol. The van der Waals surface area contributed by atoms with Crippen LogP contribution in [-0.4, -0.2) is 88.1 Å². The van der Waals surface area contributed by atoms with E-state index < -0.39 is 0 Å². The van der Waals surface area contributed by atoms with Crippen LogP contribution in [0.5, 0.6) is 0 Å². The van der Waals surface area contributed by atoms with Crippen molar-refractivity contribution in [3.63, 3.8) is 0 Å². The van der Waals surface area contributed by atoms with E-state index in [1.54, 1.807) is 7.11 Å². The third-order valence-electron chi connectivity index (χ3n) is 5.75. The Hall–Kier alpha value is -0.690. The third kappa shape index (κ3) is 4.28. The van der Waals surface area contributed by atoms with Crippen LogP contribution in [0.25, 0.3) is 0 Å². The number of likely N-dealkylation sites (tertiary alicyclic amines) is 2. The van der Waals surface area contributed by atoms with Crippen LogP contribution in [0, 0.1) is 5.41 Å². The molecule has 0 aromatic heterocycles. The van der Waals surface area contributed by atoms with Gasteiger partial charge in [0, 0.05) is 51.9 Å². The van der Waals surface area contributed by atoms with Gasteiger partial charge < -0.3 is 24.0 Å². The SMILES string of the molecule is COCCN1CC[C@@H]2OCCC[C@@]2(COCC(=O)N2CCCC2)C1. The summed E-state index contributed by atoms with van der Waals surface area (Å²) in [6.07, 6.45) is 5.77. The van der Waals surface area contributed by atoms with Crippen LogP contribution < -0.4 is 0 Å². The summed E-state index contributed by atoms with van der Waals surface area (Å²) in [4.78, 5) is 16.6. The molecule has 138 valence electrons. The van der Waals surface area contributed by atoms with Crippen molar-refractivity contribution in [3.05, 3.63) is 0 Å². The fourth-order valence-electron chi connectivity index (χ4n) is 4.40. The Kier molecular flexibility index (Phi) is 6.49. The van der Waals surface area contributed by atoms with Crippen molar-refractivity contribution in [2.45, 2.75) is 38.2 Å². The van der Waals surface area contributed by atoms with E-state index in [0.717, 1.165) is 78.0 Å². The van der Waals surface area contributed by atoms with E-state index in [0.29, 0.717) is 6.61 Å². The number of rotatable bonds is 7. The average molecular weight is 340 g/mol. The number of piperidine rings is 1. The van der Waals surface area contributed by atoms with Crippen molar-refractivity contribution < 1.29 is 19.0 Å². The van der Waals surface area contributed by atoms with Gasteiger partial charge in [0.1, 0.15) is 6.61 Å². The Morgan fingerprint density at radius 2 is 2.08 bits per heavy atom. The van der Waals surface area contributed by atoms with E-state index in [1.165, 1.54) is 0 Å². The maximum absolute atomic E-state index is 12.2. The number of methoxy groups -OCH3 is 1. The molecule has 3 aliphatic heterocycles. The second-order valence-electron chi connectivity index (χ2n) is 7.46. The highest BCUT2D eigenvalue weighted by Gasteiger charge is 2.46. The Balaban J connectivity index is 1.53. The second kappa shape index (κ2) is 8.61. The van der Waals surface area contributed by atoms with Crippen LogP contribution >= 0.6 is 0 Å². The predicted molar refractivity (Wildman–Crippen MR) is 91.0 cm³/mol. The first kappa shape index (κ1) is 18.1. The summed E-state index contributed by atoms with van der Waals surface area (Å²) in [7, 11) is 1.75. The summed E-state index contributed by atoms with van der Waals surface area (Å²) < 4.78 is 17.2. The number of carbonyl (C=O) groups is 1. The molecule has 24 heavy (non-hydrogen) atoms. The first-order chi connectivity index (χ1) is 11.7. The zero-order valence-electron chi connectivity index (χ0n) is 15.0. The molecule has 6 nitrogen and oxygen atoms in total. The number of fused-ring (bicyclic) bond motifs is 1. The Morgan fingerprint density at radius 3 is 2.88 bits per heavy atom. The van der Waals surface area contributed by atoms with Crippen LogP contribution in [-0.2, 0) is 19.0 Å². The van der Waals surface area contributed by atoms with Gasteiger partial charge in [0.05, 0.1) is 19.3 Å². The molecule has 1 amide bonds. The Bertz CT molecular complexity index is 414. The Morgan fingerprint density at radius 1 is 1.25 bits per heavy atom. The lowest BCUT2D eigenvalue weighted by atomic mass is 9.73. The van der Waals surface area contributed by atoms with E-state index in [-0.39, 0.29) is 24.0 Å². The highest BCUT2D eigenvalue weighted by atomic mass is 16.5. The molecule has 0 aromatic carbocycles. The minimum Gasteiger partial charge on any atom is -0.383 e. The number of carbonyl (C=O) groups excluding carboxylic acids is 1. The van der Waals surface area contributed by atoms with Crippen molar-refractivity contribution in [1.29, 1.82) is 0 Å². The summed E-state index contributed by atoms with van der Waals surface area (Å²) in [5.41, 5.74) is 0.0372. The van der Waals surface area contributed by atoms with Gasteiger partial charge in [0.2, 0.25) is 5.91 Å². The minimum atomic E-state index is 0.0372. The van der Waals surface area contributed by atoms with Gasteiger partial charge in [-0.1, -0.05) is 0 Å². The van der Waals surface area contributed by atoms with Crippen LogP contribution in [0.4, 0.5) is 0 Å². The standard InChI is InChI=1S/C18H32N2O4/c1-22-12-10-19-9-5-16-18(14-19,6-4-11-24-16)15-23-13-17(21)20-7-2-3-8-20/h16H,2-15H2,1H3/t16-,18-/m0/s1. The van der Waals surface area contributed by atoms with Gasteiger partial charge in [0.25, 0.3) is 0 Å². The number of hydrogen-bond donors (Lipinski definition) is 0. The van der Waals surface area contributed by atoms with Crippen molar-refractivity contribution in [1.82, 2.24) is 9.80 Å². The number of nitrogens with zero attached hydrogens (tertiary/aromatic N) is 2. The molecular weight excluding hydrogens is 308 g/mol. The van der Waals surface area contributed by atoms with E-state index in [9.17, 15) is 4.79 Å². The zero-order chi connectivity index (χ0) is 16.8. The quantitative estimate of drug-likeness (QED) is 0.696. The van der Waals surface area contributed by atoms with Gasteiger partial charge in [-0.05, 0) is 32.1 Å². The molecule has 0 aromatic rings. The van der Waals surface area contributed by atoms with Crippen LogP contribution in [0.15, 0.2) is 0 Å². The molecule has 6 heteroatoms. The van der Waals surface area contributed by atoms with Gasteiger partial charge in [0.15, 0.2) is 0 Å². The zero-order valence-corrected chi connectivity index (χ0v) is 15.0. The summed E-state index contributed by atoms with van der Waals surface area (Å²) >= 11 is 0. The molecular formula is C18H32N2O4. The van der Waals surface area contributed by atoms with Gasteiger partial charge >= 0.3 is 0 Å². The molecule has 2 atom stereocenters. The van der Waals surface area contributed by atoms with E-state index >= 15 is 0 Å². The van der Waals surface area contributed by atoms with Crippen molar-refractivity contribution in [2.24, 2.45) is 5.41 Å². The normalized spacial score (nSPS) is 31.2. The highest BCUT2D eigenvalue weighted by Crippen LogP contribution is 2.40. The molecule has 0 aliphatic carbocycles. The number of ether oxygens (including phenoxy) is 3. The number of amides is 1. The van der Waals surface area contributed by atoms with Crippen LogP contribution in [0.3, 0.4) is 0 Å². The maximum atomic E-state index is 12.2. The molecule has 0 saturated carbocycles. The lowest BCUT2D eigenvalue weighted by Gasteiger charge is -2.50. The Labute approximate surface area is 145 Å². The molecule has 0 bridgehead atoms. The summed E-state index contributed by atoms with van der Waals surface area (Å²) in [5.74, 6) is 0.143. The fraction of sp³-hybridized carbons (Fsp3) is 0.944. The largest absolute Gasteiger partial charge is 0.383 e. The van der Waals surface area contributed by atoms with Gasteiger partial charge in [-0.15, -0.1) is 0 Å². The molecule has 3 saturated heterocycles. The smallest absolute Gasteiger partial charge is 0.248 e. The highest BCUT2D eigenvalue weighted by molar-refractivity contribution is 5.77. The average Bonchev–Trinajstić information content (AvgIpc) is 3.14. The lowest BCUT2D eigenvalue weighted by molar-refractivity contribution is -0.160. The van der Waals surface area contributed by atoms with Gasteiger partial charge in [-0.2, -0.15) is 0 Å². The topological polar surface area (TPSA) is 51.2 Å². The van der Waals surface area contributed by atoms with Crippen molar-refractivity contribution in [2.75, 3.05) is 66.3 Å². The number of hydrogen-bond acceptors (Lipinski definition) is 5. The molecule has 0 unspecified atom stereocenters. The first-order valence-corrected chi connectivity index (χ1v) is 9.42. The summed E-state index contributed by atoms with van der Waals surface area (Å²) in [5, 5.41) is 0. The molecule has 3 aliphatic rings. The summed E-state index contributed by atoms with van der Waals surface area (Å²) in [6, 6.07) is 0. The van der Waals surface area contributed by atoms with Gasteiger partial charge in [-0.3, -0.25) is 4.79 Å². The maximum Gasteiger partial charge on any atom is 0.248 e.